The van der Waals surface area contributed by atoms with Gasteiger partial charge in [-0.15, -0.1) is 0 Å². The van der Waals surface area contributed by atoms with E-state index in [9.17, 15) is 0 Å². The fourth-order valence-corrected chi connectivity index (χ4v) is 2.58. The molecule has 0 amide bonds. The van der Waals surface area contributed by atoms with Gasteiger partial charge in [0.2, 0.25) is 0 Å². The molecule has 0 fully saturated rings. The van der Waals surface area contributed by atoms with E-state index < -0.39 is 0 Å². The van der Waals surface area contributed by atoms with Gasteiger partial charge in [0.15, 0.2) is 0 Å². The first-order chi connectivity index (χ1) is 8.99. The molecule has 3 nitrogen and oxygen atoms in total. The van der Waals surface area contributed by atoms with E-state index in [1.807, 2.05) is 0 Å². The van der Waals surface area contributed by atoms with E-state index in [2.05, 4.69) is 49.5 Å². The number of unbranched alkanes of at least 4 members (excludes halogenated alkanes) is 2. The zero-order chi connectivity index (χ0) is 14.4. The highest BCUT2D eigenvalue weighted by atomic mass is 35.5. The maximum atomic E-state index is 6.26. The summed E-state index contributed by atoms with van der Waals surface area (Å²) in [5.74, 6) is 1.33. The predicted molar refractivity (Wildman–Crippen MR) is 83.1 cm³/mol. The van der Waals surface area contributed by atoms with Gasteiger partial charge in [-0.1, -0.05) is 45.2 Å². The van der Waals surface area contributed by atoms with Crippen LogP contribution in [-0.4, -0.2) is 22.6 Å². The maximum Gasteiger partial charge on any atom is 0.138 e. The number of rotatable bonds is 7. The lowest BCUT2D eigenvalue weighted by Gasteiger charge is -2.30. The SMILES string of the molecule is CCCCCN(c1ncnc(Cl)c1C(C)C)C(C)C. The van der Waals surface area contributed by atoms with Crippen LogP contribution in [0.3, 0.4) is 0 Å². The molecule has 0 unspecified atom stereocenters. The largest absolute Gasteiger partial charge is 0.354 e. The topological polar surface area (TPSA) is 29.0 Å². The van der Waals surface area contributed by atoms with Crippen LogP contribution in [0.5, 0.6) is 0 Å². The lowest BCUT2D eigenvalue weighted by molar-refractivity contribution is 0.613. The average molecular weight is 284 g/mol. The Morgan fingerprint density at radius 1 is 1.16 bits per heavy atom. The van der Waals surface area contributed by atoms with Gasteiger partial charge >= 0.3 is 0 Å². The van der Waals surface area contributed by atoms with Crippen molar-refractivity contribution in [2.45, 2.75) is 65.8 Å². The number of hydrogen-bond acceptors (Lipinski definition) is 3. The highest BCUT2D eigenvalue weighted by Crippen LogP contribution is 2.31. The Bertz CT molecular complexity index is 391. The van der Waals surface area contributed by atoms with Crippen LogP contribution < -0.4 is 4.90 Å². The molecular weight excluding hydrogens is 258 g/mol. The van der Waals surface area contributed by atoms with Crippen molar-refractivity contribution in [3.05, 3.63) is 17.0 Å². The van der Waals surface area contributed by atoms with Crippen LogP contribution in [0.25, 0.3) is 0 Å². The quantitative estimate of drug-likeness (QED) is 0.538. The van der Waals surface area contributed by atoms with Crippen LogP contribution in [0.1, 0.15) is 65.4 Å². The van der Waals surface area contributed by atoms with Crippen molar-refractivity contribution in [1.82, 2.24) is 9.97 Å². The van der Waals surface area contributed by atoms with Gasteiger partial charge in [0, 0.05) is 18.2 Å². The minimum absolute atomic E-state index is 0.330. The summed E-state index contributed by atoms with van der Waals surface area (Å²) in [6.07, 6.45) is 5.24. The first-order valence-electron chi connectivity index (χ1n) is 7.26. The van der Waals surface area contributed by atoms with Gasteiger partial charge in [-0.2, -0.15) is 0 Å². The zero-order valence-corrected chi connectivity index (χ0v) is 13.5. The third-order valence-corrected chi connectivity index (χ3v) is 3.59. The minimum atomic E-state index is 0.330. The molecule has 0 N–H and O–H groups in total. The molecule has 0 spiro atoms. The number of halogens is 1. The molecular formula is C15H26ClN3. The van der Waals surface area contributed by atoms with E-state index in [0.717, 1.165) is 17.9 Å². The van der Waals surface area contributed by atoms with Gasteiger partial charge in [-0.3, -0.25) is 0 Å². The van der Waals surface area contributed by atoms with Gasteiger partial charge in [0.1, 0.15) is 17.3 Å². The highest BCUT2D eigenvalue weighted by molar-refractivity contribution is 6.30. The second-order valence-electron chi connectivity index (χ2n) is 5.55. The summed E-state index contributed by atoms with van der Waals surface area (Å²) in [5, 5.41) is 0.584. The molecule has 0 saturated carbocycles. The number of anilines is 1. The lowest BCUT2D eigenvalue weighted by atomic mass is 10.0. The minimum Gasteiger partial charge on any atom is -0.354 e. The fraction of sp³-hybridized carbons (Fsp3) is 0.733. The molecule has 1 aromatic heterocycles. The fourth-order valence-electron chi connectivity index (χ4n) is 2.23. The summed E-state index contributed by atoms with van der Waals surface area (Å²) in [4.78, 5) is 11.0. The first-order valence-corrected chi connectivity index (χ1v) is 7.63. The standard InChI is InChI=1S/C15H26ClN3/c1-6-7-8-9-19(12(4)5)15-13(11(2)3)14(16)17-10-18-15/h10-12H,6-9H2,1-5H3. The summed E-state index contributed by atoms with van der Waals surface area (Å²) >= 11 is 6.26. The summed E-state index contributed by atoms with van der Waals surface area (Å²) in [7, 11) is 0. The van der Waals surface area contributed by atoms with E-state index in [1.54, 1.807) is 6.33 Å². The first kappa shape index (κ1) is 16.2. The Kier molecular flexibility index (Phi) is 6.56. The normalized spacial score (nSPS) is 11.4. The van der Waals surface area contributed by atoms with E-state index in [0.29, 0.717) is 17.1 Å². The van der Waals surface area contributed by atoms with Crippen molar-refractivity contribution < 1.29 is 0 Å². The molecule has 0 aliphatic carbocycles. The van der Waals surface area contributed by atoms with Crippen molar-refractivity contribution in [3.63, 3.8) is 0 Å². The van der Waals surface area contributed by atoms with Crippen LogP contribution >= 0.6 is 11.6 Å². The zero-order valence-electron chi connectivity index (χ0n) is 12.8. The van der Waals surface area contributed by atoms with Crippen molar-refractivity contribution in [2.24, 2.45) is 0 Å². The molecule has 1 rings (SSSR count). The third kappa shape index (κ3) is 4.34. The van der Waals surface area contributed by atoms with Crippen molar-refractivity contribution in [3.8, 4) is 0 Å². The number of hydrogen-bond donors (Lipinski definition) is 0. The molecule has 1 aromatic rings. The smallest absolute Gasteiger partial charge is 0.138 e. The molecule has 1 heterocycles. The van der Waals surface area contributed by atoms with E-state index in [4.69, 9.17) is 11.6 Å². The Morgan fingerprint density at radius 3 is 2.37 bits per heavy atom. The molecule has 4 heteroatoms. The van der Waals surface area contributed by atoms with Crippen LogP contribution in [0.15, 0.2) is 6.33 Å². The summed E-state index contributed by atoms with van der Waals surface area (Å²) in [6.45, 7) is 11.9. The van der Waals surface area contributed by atoms with Crippen LogP contribution in [-0.2, 0) is 0 Å². The van der Waals surface area contributed by atoms with E-state index in [1.165, 1.54) is 19.3 Å². The average Bonchev–Trinajstić information content (AvgIpc) is 2.33. The van der Waals surface area contributed by atoms with Gasteiger partial charge in [0.05, 0.1) is 0 Å². The highest BCUT2D eigenvalue weighted by Gasteiger charge is 2.20. The molecule has 0 aliphatic heterocycles. The Hall–Kier alpha value is -0.830. The van der Waals surface area contributed by atoms with Gasteiger partial charge in [0.25, 0.3) is 0 Å². The third-order valence-electron chi connectivity index (χ3n) is 3.29. The van der Waals surface area contributed by atoms with Crippen molar-refractivity contribution in [1.29, 1.82) is 0 Å². The lowest BCUT2D eigenvalue weighted by Crippen LogP contribution is -2.33. The monoisotopic (exact) mass is 283 g/mol. The maximum absolute atomic E-state index is 6.26. The second-order valence-corrected chi connectivity index (χ2v) is 5.91. The molecule has 19 heavy (non-hydrogen) atoms. The molecule has 0 aliphatic rings. The molecule has 0 saturated heterocycles. The number of aromatic nitrogens is 2. The molecule has 0 aromatic carbocycles. The Morgan fingerprint density at radius 2 is 1.84 bits per heavy atom. The van der Waals surface area contributed by atoms with Gasteiger partial charge < -0.3 is 4.90 Å². The Labute approximate surface area is 122 Å². The molecule has 108 valence electrons. The molecule has 0 bridgehead atoms. The van der Waals surface area contributed by atoms with Crippen LogP contribution in [0.4, 0.5) is 5.82 Å². The van der Waals surface area contributed by atoms with Crippen molar-refractivity contribution >= 4 is 17.4 Å². The van der Waals surface area contributed by atoms with E-state index >= 15 is 0 Å². The summed E-state index contributed by atoms with van der Waals surface area (Å²) in [6, 6.07) is 0.417. The molecule has 0 radical (unpaired) electrons. The van der Waals surface area contributed by atoms with Crippen LogP contribution in [0, 0.1) is 0 Å². The van der Waals surface area contributed by atoms with Crippen molar-refractivity contribution in [2.75, 3.05) is 11.4 Å². The van der Waals surface area contributed by atoms with Gasteiger partial charge in [-0.05, 0) is 26.2 Å². The van der Waals surface area contributed by atoms with Crippen LogP contribution in [0.2, 0.25) is 5.15 Å². The Balaban J connectivity index is 3.05. The molecule has 0 atom stereocenters. The predicted octanol–water partition coefficient (Wildman–Crippen LogP) is 4.66. The summed E-state index contributed by atoms with van der Waals surface area (Å²) < 4.78 is 0. The number of nitrogens with zero attached hydrogens (tertiary/aromatic N) is 3. The van der Waals surface area contributed by atoms with E-state index in [-0.39, 0.29) is 0 Å². The second kappa shape index (κ2) is 7.68. The van der Waals surface area contributed by atoms with Gasteiger partial charge in [-0.25, -0.2) is 9.97 Å². The summed E-state index contributed by atoms with van der Waals surface area (Å²) in [5.41, 5.74) is 1.06.